The van der Waals surface area contributed by atoms with Crippen LogP contribution in [-0.2, 0) is 0 Å². The van der Waals surface area contributed by atoms with Crippen LogP contribution in [0.25, 0.3) is 0 Å². The first-order valence-corrected chi connectivity index (χ1v) is 5.72. The quantitative estimate of drug-likeness (QED) is 0.832. The van der Waals surface area contributed by atoms with E-state index in [2.05, 4.69) is 11.2 Å². The molecule has 1 aromatic heterocycles. The molecule has 1 aromatic carbocycles. The van der Waals surface area contributed by atoms with Crippen LogP contribution in [0.1, 0.15) is 23.6 Å². The van der Waals surface area contributed by atoms with Gasteiger partial charge in [0, 0.05) is 11.2 Å². The van der Waals surface area contributed by atoms with Crippen molar-refractivity contribution in [2.75, 3.05) is 0 Å². The highest BCUT2D eigenvalue weighted by Gasteiger charge is 2.16. The number of hydrogen-bond donors (Lipinski definition) is 0. The van der Waals surface area contributed by atoms with Crippen molar-refractivity contribution in [3.63, 3.8) is 0 Å². The van der Waals surface area contributed by atoms with Crippen LogP contribution in [0.2, 0.25) is 5.02 Å². The Morgan fingerprint density at radius 2 is 2.24 bits per heavy atom. The van der Waals surface area contributed by atoms with Gasteiger partial charge in [-0.25, -0.2) is 0 Å². The number of rotatable bonds is 3. The monoisotopic (exact) mass is 245 g/mol. The van der Waals surface area contributed by atoms with Gasteiger partial charge in [0.2, 0.25) is 0 Å². The Morgan fingerprint density at radius 1 is 1.47 bits per heavy atom. The highest BCUT2D eigenvalue weighted by Crippen LogP contribution is 2.27. The average molecular weight is 246 g/mol. The minimum atomic E-state index is -0.123. The van der Waals surface area contributed by atoms with Gasteiger partial charge in [0.15, 0.2) is 0 Å². The minimum absolute atomic E-state index is 0.123. The molecule has 1 unspecified atom stereocenters. The van der Waals surface area contributed by atoms with Gasteiger partial charge in [0.25, 0.3) is 0 Å². The molecule has 17 heavy (non-hydrogen) atoms. The summed E-state index contributed by atoms with van der Waals surface area (Å²) < 4.78 is 1.79. The highest BCUT2D eigenvalue weighted by molar-refractivity contribution is 6.31. The van der Waals surface area contributed by atoms with E-state index < -0.39 is 0 Å². The van der Waals surface area contributed by atoms with Gasteiger partial charge in [-0.15, -0.1) is 0 Å². The molecule has 2 rings (SSSR count). The molecule has 4 heteroatoms. The summed E-state index contributed by atoms with van der Waals surface area (Å²) in [5.41, 5.74) is 2.00. The lowest BCUT2D eigenvalue weighted by molar-refractivity contribution is 0.532. The van der Waals surface area contributed by atoms with Crippen LogP contribution in [0.3, 0.4) is 0 Å². The predicted molar refractivity (Wildman–Crippen MR) is 66.8 cm³/mol. The van der Waals surface area contributed by atoms with Gasteiger partial charge in [-0.3, -0.25) is 4.68 Å². The van der Waals surface area contributed by atoms with Crippen molar-refractivity contribution in [2.45, 2.75) is 19.4 Å². The Kier molecular flexibility index (Phi) is 3.46. The summed E-state index contributed by atoms with van der Waals surface area (Å²) in [5.74, 6) is 0. The number of aromatic nitrogens is 2. The fourth-order valence-corrected chi connectivity index (χ4v) is 2.04. The second-order valence-corrected chi connectivity index (χ2v) is 4.30. The number of aryl methyl sites for hydroxylation is 1. The van der Waals surface area contributed by atoms with Gasteiger partial charge in [-0.1, -0.05) is 29.8 Å². The summed E-state index contributed by atoms with van der Waals surface area (Å²) >= 11 is 6.16. The lowest BCUT2D eigenvalue weighted by Gasteiger charge is -2.16. The van der Waals surface area contributed by atoms with Crippen LogP contribution >= 0.6 is 11.6 Å². The topological polar surface area (TPSA) is 41.6 Å². The van der Waals surface area contributed by atoms with Gasteiger partial charge in [0.05, 0.1) is 24.7 Å². The summed E-state index contributed by atoms with van der Waals surface area (Å²) in [6.07, 6.45) is 4.05. The first-order chi connectivity index (χ1) is 8.22. The maximum atomic E-state index is 8.92. The number of nitriles is 1. The van der Waals surface area contributed by atoms with E-state index in [4.69, 9.17) is 16.9 Å². The van der Waals surface area contributed by atoms with E-state index in [-0.39, 0.29) is 6.04 Å². The second kappa shape index (κ2) is 5.03. The maximum Gasteiger partial charge on any atom is 0.0912 e. The van der Waals surface area contributed by atoms with Crippen molar-refractivity contribution in [3.05, 3.63) is 52.8 Å². The van der Waals surface area contributed by atoms with Crippen LogP contribution < -0.4 is 0 Å². The normalized spacial score (nSPS) is 12.1. The fourth-order valence-electron chi connectivity index (χ4n) is 1.78. The molecule has 0 saturated heterocycles. The molecule has 3 nitrogen and oxygen atoms in total. The van der Waals surface area contributed by atoms with Gasteiger partial charge >= 0.3 is 0 Å². The Bertz CT molecular complexity index is 554. The molecule has 86 valence electrons. The van der Waals surface area contributed by atoms with Crippen molar-refractivity contribution in [3.8, 4) is 6.07 Å². The summed E-state index contributed by atoms with van der Waals surface area (Å²) in [5, 5.41) is 13.8. The van der Waals surface area contributed by atoms with Gasteiger partial charge < -0.3 is 0 Å². The molecule has 0 aliphatic heterocycles. The largest absolute Gasteiger partial charge is 0.264 e. The van der Waals surface area contributed by atoms with Crippen molar-refractivity contribution in [1.82, 2.24) is 9.78 Å². The smallest absolute Gasteiger partial charge is 0.0912 e. The standard InChI is InChI=1S/C13H12ClN3/c1-10-8-16-17(9-10)13(6-7-15)11-4-2-3-5-12(11)14/h2-5,8-9,13H,6H2,1H3. The van der Waals surface area contributed by atoms with Gasteiger partial charge in [0.1, 0.15) is 0 Å². The molecule has 2 aromatic rings. The third kappa shape index (κ3) is 2.48. The molecule has 0 amide bonds. The summed E-state index contributed by atoms with van der Waals surface area (Å²) in [4.78, 5) is 0. The summed E-state index contributed by atoms with van der Waals surface area (Å²) in [6.45, 7) is 1.97. The molecular formula is C13H12ClN3. The zero-order valence-corrected chi connectivity index (χ0v) is 10.2. The van der Waals surface area contributed by atoms with Crippen LogP contribution in [0.15, 0.2) is 36.7 Å². The fraction of sp³-hybridized carbons (Fsp3) is 0.231. The van der Waals surface area contributed by atoms with E-state index in [0.717, 1.165) is 11.1 Å². The van der Waals surface area contributed by atoms with E-state index >= 15 is 0 Å². The zero-order chi connectivity index (χ0) is 12.3. The molecule has 0 radical (unpaired) electrons. The molecule has 0 aliphatic rings. The lowest BCUT2D eigenvalue weighted by atomic mass is 10.0. The third-order valence-corrected chi connectivity index (χ3v) is 2.94. The first kappa shape index (κ1) is 11.7. The lowest BCUT2D eigenvalue weighted by Crippen LogP contribution is -2.11. The SMILES string of the molecule is Cc1cnn(C(CC#N)c2ccccc2Cl)c1. The van der Waals surface area contributed by atoms with Crippen LogP contribution in [0, 0.1) is 18.3 Å². The molecule has 0 saturated carbocycles. The molecule has 0 aliphatic carbocycles. The highest BCUT2D eigenvalue weighted by atomic mass is 35.5. The zero-order valence-electron chi connectivity index (χ0n) is 9.47. The molecule has 1 atom stereocenters. The Morgan fingerprint density at radius 3 is 2.82 bits per heavy atom. The number of benzene rings is 1. The van der Waals surface area contributed by atoms with Crippen molar-refractivity contribution >= 4 is 11.6 Å². The Balaban J connectivity index is 2.43. The Labute approximate surface area is 105 Å². The summed E-state index contributed by atoms with van der Waals surface area (Å²) in [7, 11) is 0. The van der Waals surface area contributed by atoms with E-state index in [1.807, 2.05) is 37.4 Å². The van der Waals surface area contributed by atoms with E-state index in [0.29, 0.717) is 11.4 Å². The van der Waals surface area contributed by atoms with E-state index in [1.54, 1.807) is 10.9 Å². The van der Waals surface area contributed by atoms with E-state index in [9.17, 15) is 0 Å². The predicted octanol–water partition coefficient (Wildman–Crippen LogP) is 3.35. The Hall–Kier alpha value is -1.79. The third-order valence-electron chi connectivity index (χ3n) is 2.60. The summed E-state index contributed by atoms with van der Waals surface area (Å²) in [6, 6.07) is 9.62. The molecular weight excluding hydrogens is 234 g/mol. The van der Waals surface area contributed by atoms with Crippen LogP contribution in [0.5, 0.6) is 0 Å². The van der Waals surface area contributed by atoms with Crippen molar-refractivity contribution in [1.29, 1.82) is 5.26 Å². The first-order valence-electron chi connectivity index (χ1n) is 5.34. The van der Waals surface area contributed by atoms with Gasteiger partial charge in [-0.05, 0) is 24.1 Å². The van der Waals surface area contributed by atoms with Crippen LogP contribution in [-0.4, -0.2) is 9.78 Å². The molecule has 0 spiro atoms. The number of halogens is 1. The molecule has 0 N–H and O–H groups in total. The van der Waals surface area contributed by atoms with Crippen LogP contribution in [0.4, 0.5) is 0 Å². The minimum Gasteiger partial charge on any atom is -0.264 e. The molecule has 0 bridgehead atoms. The average Bonchev–Trinajstić information content (AvgIpc) is 2.74. The maximum absolute atomic E-state index is 8.92. The second-order valence-electron chi connectivity index (χ2n) is 3.90. The molecule has 1 heterocycles. The van der Waals surface area contributed by atoms with Gasteiger partial charge in [-0.2, -0.15) is 10.4 Å². The number of nitrogens with zero attached hydrogens (tertiary/aromatic N) is 3. The van der Waals surface area contributed by atoms with E-state index in [1.165, 1.54) is 0 Å². The number of hydrogen-bond acceptors (Lipinski definition) is 2. The van der Waals surface area contributed by atoms with Crippen molar-refractivity contribution in [2.24, 2.45) is 0 Å². The van der Waals surface area contributed by atoms with Crippen molar-refractivity contribution < 1.29 is 0 Å². The molecule has 0 fully saturated rings.